The van der Waals surface area contributed by atoms with Gasteiger partial charge in [-0.15, -0.1) is 0 Å². The summed E-state index contributed by atoms with van der Waals surface area (Å²) in [6, 6.07) is 2.27. The van der Waals surface area contributed by atoms with Crippen LogP contribution in [0.5, 0.6) is 0 Å². The van der Waals surface area contributed by atoms with Gasteiger partial charge in [-0.1, -0.05) is 0 Å². The van der Waals surface area contributed by atoms with Crippen LogP contribution in [-0.4, -0.2) is 36.2 Å². The first-order valence-electron chi connectivity index (χ1n) is 5.49. The zero-order valence-electron chi connectivity index (χ0n) is 8.95. The van der Waals surface area contributed by atoms with Crippen LogP contribution in [0.3, 0.4) is 0 Å². The lowest BCUT2D eigenvalue weighted by atomic mass is 9.94. The van der Waals surface area contributed by atoms with Crippen LogP contribution in [0.25, 0.3) is 0 Å². The van der Waals surface area contributed by atoms with Crippen LogP contribution in [0.1, 0.15) is 26.2 Å². The molecule has 1 N–H and O–H groups in total. The summed E-state index contributed by atoms with van der Waals surface area (Å²) in [4.78, 5) is 2.36. The van der Waals surface area contributed by atoms with E-state index in [2.05, 4.69) is 11.0 Å². The van der Waals surface area contributed by atoms with Crippen molar-refractivity contribution in [1.29, 1.82) is 5.26 Å². The molecule has 1 aliphatic heterocycles. The van der Waals surface area contributed by atoms with E-state index in [0.717, 1.165) is 26.1 Å². The summed E-state index contributed by atoms with van der Waals surface area (Å²) in [5, 5.41) is 17.6. The van der Waals surface area contributed by atoms with Crippen LogP contribution in [0.2, 0.25) is 0 Å². The molecule has 0 amide bonds. The van der Waals surface area contributed by atoms with Crippen LogP contribution in [0, 0.1) is 23.2 Å². The fraction of sp³-hybridized carbons (Fsp3) is 0.909. The first kappa shape index (κ1) is 11.5. The third-order valence-electron chi connectivity index (χ3n) is 2.89. The van der Waals surface area contributed by atoms with Crippen LogP contribution >= 0.6 is 0 Å². The molecule has 1 fully saturated rings. The molecule has 0 aromatic carbocycles. The Bertz CT molecular complexity index is 198. The average molecular weight is 196 g/mol. The van der Waals surface area contributed by atoms with Gasteiger partial charge in [-0.05, 0) is 38.6 Å². The summed E-state index contributed by atoms with van der Waals surface area (Å²) in [5.41, 5.74) is 0. The Kier molecular flexibility index (Phi) is 4.92. The summed E-state index contributed by atoms with van der Waals surface area (Å²) >= 11 is 0. The molecule has 14 heavy (non-hydrogen) atoms. The minimum atomic E-state index is 0.128. The fourth-order valence-corrected chi connectivity index (χ4v) is 2.16. The third kappa shape index (κ3) is 3.65. The highest BCUT2D eigenvalue weighted by molar-refractivity contribution is 4.83. The van der Waals surface area contributed by atoms with Crippen molar-refractivity contribution in [3.63, 3.8) is 0 Å². The SMILES string of the molecule is CC(C#N)CN1CCCC(CCO)C1. The Morgan fingerprint density at radius 1 is 1.64 bits per heavy atom. The molecule has 3 nitrogen and oxygen atoms in total. The molecule has 1 saturated heterocycles. The van der Waals surface area contributed by atoms with Gasteiger partial charge in [0.15, 0.2) is 0 Å². The molecule has 0 radical (unpaired) electrons. The van der Waals surface area contributed by atoms with Gasteiger partial charge >= 0.3 is 0 Å². The van der Waals surface area contributed by atoms with E-state index in [1.54, 1.807) is 0 Å². The molecule has 1 rings (SSSR count). The molecule has 1 heterocycles. The standard InChI is InChI=1S/C11H20N2O/c1-10(7-12)8-13-5-2-3-11(9-13)4-6-14/h10-11,14H,2-6,8-9H2,1H3. The van der Waals surface area contributed by atoms with Gasteiger partial charge in [0.05, 0.1) is 12.0 Å². The van der Waals surface area contributed by atoms with Crippen LogP contribution < -0.4 is 0 Å². The maximum Gasteiger partial charge on any atom is 0.0666 e. The Morgan fingerprint density at radius 3 is 3.07 bits per heavy atom. The van der Waals surface area contributed by atoms with Gasteiger partial charge < -0.3 is 10.0 Å². The molecule has 0 spiro atoms. The number of aliphatic hydroxyl groups excluding tert-OH is 1. The molecule has 0 saturated carbocycles. The smallest absolute Gasteiger partial charge is 0.0666 e. The number of rotatable bonds is 4. The summed E-state index contributed by atoms with van der Waals surface area (Å²) in [6.45, 7) is 5.33. The van der Waals surface area contributed by atoms with Gasteiger partial charge in [-0.2, -0.15) is 5.26 Å². The highest BCUT2D eigenvalue weighted by atomic mass is 16.3. The van der Waals surface area contributed by atoms with E-state index in [1.807, 2.05) is 6.92 Å². The molecule has 0 bridgehead atoms. The number of likely N-dealkylation sites (tertiary alicyclic amines) is 1. The van der Waals surface area contributed by atoms with E-state index in [0.29, 0.717) is 12.5 Å². The van der Waals surface area contributed by atoms with E-state index in [-0.39, 0.29) is 5.92 Å². The minimum Gasteiger partial charge on any atom is -0.396 e. The molecular weight excluding hydrogens is 176 g/mol. The first-order chi connectivity index (χ1) is 6.76. The van der Waals surface area contributed by atoms with Crippen molar-refractivity contribution in [3.8, 4) is 6.07 Å². The number of nitrogens with zero attached hydrogens (tertiary/aromatic N) is 2. The van der Waals surface area contributed by atoms with Gasteiger partial charge in [0.25, 0.3) is 0 Å². The van der Waals surface area contributed by atoms with E-state index < -0.39 is 0 Å². The molecule has 1 aliphatic rings. The van der Waals surface area contributed by atoms with Gasteiger partial charge in [-0.25, -0.2) is 0 Å². The van der Waals surface area contributed by atoms with Gasteiger partial charge in [0, 0.05) is 19.7 Å². The van der Waals surface area contributed by atoms with Crippen molar-refractivity contribution in [1.82, 2.24) is 4.90 Å². The second kappa shape index (κ2) is 6.00. The molecule has 2 atom stereocenters. The molecular formula is C11H20N2O. The van der Waals surface area contributed by atoms with E-state index in [4.69, 9.17) is 10.4 Å². The van der Waals surface area contributed by atoms with Crippen LogP contribution in [0.4, 0.5) is 0 Å². The van der Waals surface area contributed by atoms with E-state index in [1.165, 1.54) is 12.8 Å². The summed E-state index contributed by atoms with van der Waals surface area (Å²) < 4.78 is 0. The second-order valence-electron chi connectivity index (χ2n) is 4.31. The maximum absolute atomic E-state index is 8.86. The van der Waals surface area contributed by atoms with E-state index in [9.17, 15) is 0 Å². The van der Waals surface area contributed by atoms with Crippen molar-refractivity contribution < 1.29 is 5.11 Å². The van der Waals surface area contributed by atoms with Crippen molar-refractivity contribution >= 4 is 0 Å². The zero-order valence-corrected chi connectivity index (χ0v) is 8.95. The van der Waals surface area contributed by atoms with Gasteiger partial charge in [0.2, 0.25) is 0 Å². The van der Waals surface area contributed by atoms with E-state index >= 15 is 0 Å². The summed E-state index contributed by atoms with van der Waals surface area (Å²) in [5.74, 6) is 0.766. The summed E-state index contributed by atoms with van der Waals surface area (Å²) in [6.07, 6.45) is 3.36. The number of nitriles is 1. The average Bonchev–Trinajstić information content (AvgIpc) is 2.19. The molecule has 3 heteroatoms. The fourth-order valence-electron chi connectivity index (χ4n) is 2.16. The van der Waals surface area contributed by atoms with Crippen LogP contribution in [-0.2, 0) is 0 Å². The number of piperidine rings is 1. The predicted octanol–water partition coefficient (Wildman–Crippen LogP) is 1.24. The van der Waals surface area contributed by atoms with Crippen molar-refractivity contribution in [3.05, 3.63) is 0 Å². The number of hydrogen-bond donors (Lipinski definition) is 1. The predicted molar refractivity (Wildman–Crippen MR) is 55.6 cm³/mol. The number of hydrogen-bond acceptors (Lipinski definition) is 3. The van der Waals surface area contributed by atoms with Crippen molar-refractivity contribution in [2.45, 2.75) is 26.2 Å². The Labute approximate surface area is 86.3 Å². The second-order valence-corrected chi connectivity index (χ2v) is 4.31. The highest BCUT2D eigenvalue weighted by Gasteiger charge is 2.20. The Morgan fingerprint density at radius 2 is 2.43 bits per heavy atom. The normalized spacial score (nSPS) is 25.6. The molecule has 0 aromatic rings. The minimum absolute atomic E-state index is 0.128. The largest absolute Gasteiger partial charge is 0.396 e. The Balaban J connectivity index is 2.29. The lowest BCUT2D eigenvalue weighted by Gasteiger charge is -2.32. The van der Waals surface area contributed by atoms with Crippen molar-refractivity contribution in [2.75, 3.05) is 26.2 Å². The van der Waals surface area contributed by atoms with Gasteiger partial charge in [-0.3, -0.25) is 0 Å². The maximum atomic E-state index is 8.86. The number of aliphatic hydroxyl groups is 1. The zero-order chi connectivity index (χ0) is 10.4. The molecule has 0 aromatic heterocycles. The molecule has 0 aliphatic carbocycles. The van der Waals surface area contributed by atoms with Gasteiger partial charge in [0.1, 0.15) is 0 Å². The molecule has 80 valence electrons. The summed E-state index contributed by atoms with van der Waals surface area (Å²) in [7, 11) is 0. The van der Waals surface area contributed by atoms with Crippen molar-refractivity contribution in [2.24, 2.45) is 11.8 Å². The highest BCUT2D eigenvalue weighted by Crippen LogP contribution is 2.19. The topological polar surface area (TPSA) is 47.3 Å². The molecule has 2 unspecified atom stereocenters. The quantitative estimate of drug-likeness (QED) is 0.736. The lowest BCUT2D eigenvalue weighted by molar-refractivity contribution is 0.141. The third-order valence-corrected chi connectivity index (χ3v) is 2.89. The first-order valence-corrected chi connectivity index (χ1v) is 5.49. The monoisotopic (exact) mass is 196 g/mol. The Hall–Kier alpha value is -0.590. The lowest BCUT2D eigenvalue weighted by Crippen LogP contribution is -2.38. The van der Waals surface area contributed by atoms with Crippen LogP contribution in [0.15, 0.2) is 0 Å².